The van der Waals surface area contributed by atoms with Crippen LogP contribution in [0.2, 0.25) is 0 Å². The number of nitrogens with one attached hydrogen (secondary N) is 2. The van der Waals surface area contributed by atoms with Crippen LogP contribution in [0.15, 0.2) is 84.9 Å². The Bertz CT molecular complexity index is 888. The van der Waals surface area contributed by atoms with E-state index in [1.165, 1.54) is 0 Å². The lowest BCUT2D eigenvalue weighted by Gasteiger charge is -2.21. The lowest BCUT2D eigenvalue weighted by Crippen LogP contribution is -2.41. The molecule has 0 spiro atoms. The van der Waals surface area contributed by atoms with E-state index >= 15 is 0 Å². The zero-order valence-corrected chi connectivity index (χ0v) is 17.0. The molecule has 0 saturated heterocycles. The quantitative estimate of drug-likeness (QED) is 0.402. The highest BCUT2D eigenvalue weighted by atomic mass is 16.5. The van der Waals surface area contributed by atoms with E-state index in [1.54, 1.807) is 48.5 Å². The molecule has 5 heteroatoms. The van der Waals surface area contributed by atoms with Gasteiger partial charge in [0.15, 0.2) is 0 Å². The number of benzene rings is 3. The van der Waals surface area contributed by atoms with Crippen LogP contribution >= 0.6 is 0 Å². The first-order chi connectivity index (χ1) is 14.7. The molecule has 0 atom stereocenters. The van der Waals surface area contributed by atoms with Crippen molar-refractivity contribution in [1.29, 1.82) is 0 Å². The fourth-order valence-corrected chi connectivity index (χ4v) is 2.90. The average molecular weight is 402 g/mol. The van der Waals surface area contributed by atoms with Crippen molar-refractivity contribution in [2.45, 2.75) is 25.9 Å². The van der Waals surface area contributed by atoms with E-state index in [1.807, 2.05) is 36.4 Å². The molecular weight excluding hydrogens is 376 g/mol. The minimum absolute atomic E-state index is 0.266. The van der Waals surface area contributed by atoms with Gasteiger partial charge in [-0.15, -0.1) is 0 Å². The summed E-state index contributed by atoms with van der Waals surface area (Å²) >= 11 is 0. The maximum Gasteiger partial charge on any atom is 0.253 e. The lowest BCUT2D eigenvalue weighted by atomic mass is 10.1. The summed E-state index contributed by atoms with van der Waals surface area (Å²) in [5.74, 6) is 0.226. The van der Waals surface area contributed by atoms with Crippen LogP contribution in [0.3, 0.4) is 0 Å². The molecule has 0 aliphatic rings. The number of carbonyl (C=O) groups is 2. The van der Waals surface area contributed by atoms with Gasteiger partial charge in [-0.25, -0.2) is 0 Å². The minimum Gasteiger partial charge on any atom is -0.494 e. The fourth-order valence-electron chi connectivity index (χ4n) is 2.90. The zero-order chi connectivity index (χ0) is 21.2. The van der Waals surface area contributed by atoms with Crippen LogP contribution in [-0.2, 0) is 0 Å². The molecule has 2 amide bonds. The summed E-state index contributed by atoms with van der Waals surface area (Å²) < 4.78 is 5.71. The van der Waals surface area contributed by atoms with Gasteiger partial charge in [-0.3, -0.25) is 9.59 Å². The Kier molecular flexibility index (Phi) is 7.61. The number of hydrogen-bond acceptors (Lipinski definition) is 3. The van der Waals surface area contributed by atoms with Crippen molar-refractivity contribution in [3.63, 3.8) is 0 Å². The van der Waals surface area contributed by atoms with E-state index < -0.39 is 6.17 Å². The molecule has 0 radical (unpaired) electrons. The first-order valence-corrected chi connectivity index (χ1v) is 10.1. The number of hydrogen-bond donors (Lipinski definition) is 2. The molecule has 3 rings (SSSR count). The third-order valence-corrected chi connectivity index (χ3v) is 4.60. The van der Waals surface area contributed by atoms with E-state index in [-0.39, 0.29) is 11.8 Å². The van der Waals surface area contributed by atoms with Gasteiger partial charge in [-0.1, -0.05) is 61.9 Å². The second-order valence-electron chi connectivity index (χ2n) is 6.88. The standard InChI is InChI=1S/C25H26N2O3/c1-2-3-18-30-22-16-14-19(15-17-22)23(26-24(28)20-10-6-4-7-11-20)27-25(29)21-12-8-5-9-13-21/h4-17,23H,2-3,18H2,1H3,(H,26,28)(H,27,29). The summed E-state index contributed by atoms with van der Waals surface area (Å²) in [5, 5.41) is 5.82. The topological polar surface area (TPSA) is 67.4 Å². The van der Waals surface area contributed by atoms with E-state index in [0.29, 0.717) is 17.7 Å². The Morgan fingerprint density at radius 3 is 1.73 bits per heavy atom. The number of rotatable bonds is 9. The molecule has 0 unspecified atom stereocenters. The summed E-state index contributed by atoms with van der Waals surface area (Å²) in [6, 6.07) is 25.2. The van der Waals surface area contributed by atoms with Gasteiger partial charge in [-0.2, -0.15) is 0 Å². The molecule has 0 saturated carbocycles. The van der Waals surface area contributed by atoms with Crippen LogP contribution in [0.1, 0.15) is 52.2 Å². The van der Waals surface area contributed by atoms with Crippen molar-refractivity contribution in [3.05, 3.63) is 102 Å². The molecule has 154 valence electrons. The van der Waals surface area contributed by atoms with Crippen LogP contribution in [0.25, 0.3) is 0 Å². The molecule has 3 aromatic carbocycles. The maximum atomic E-state index is 12.7. The van der Waals surface area contributed by atoms with Crippen molar-refractivity contribution in [1.82, 2.24) is 10.6 Å². The summed E-state index contributed by atoms with van der Waals surface area (Å²) in [6.07, 6.45) is 1.37. The first kappa shape index (κ1) is 21.1. The summed E-state index contributed by atoms with van der Waals surface area (Å²) in [4.78, 5) is 25.4. The Morgan fingerprint density at radius 2 is 1.27 bits per heavy atom. The normalized spacial score (nSPS) is 10.5. The highest BCUT2D eigenvalue weighted by molar-refractivity contribution is 5.96. The predicted octanol–water partition coefficient (Wildman–Crippen LogP) is 4.72. The van der Waals surface area contributed by atoms with Crippen molar-refractivity contribution in [2.24, 2.45) is 0 Å². The van der Waals surface area contributed by atoms with Crippen LogP contribution in [0.4, 0.5) is 0 Å². The van der Waals surface area contributed by atoms with Crippen LogP contribution in [0.5, 0.6) is 5.75 Å². The van der Waals surface area contributed by atoms with Crippen LogP contribution in [-0.4, -0.2) is 18.4 Å². The molecule has 0 aliphatic heterocycles. The molecule has 2 N–H and O–H groups in total. The zero-order valence-electron chi connectivity index (χ0n) is 17.0. The Morgan fingerprint density at radius 1 is 0.767 bits per heavy atom. The fraction of sp³-hybridized carbons (Fsp3) is 0.200. The van der Waals surface area contributed by atoms with E-state index in [0.717, 1.165) is 24.2 Å². The number of carbonyl (C=O) groups excluding carboxylic acids is 2. The largest absolute Gasteiger partial charge is 0.494 e. The van der Waals surface area contributed by atoms with Gasteiger partial charge >= 0.3 is 0 Å². The van der Waals surface area contributed by atoms with Crippen molar-refractivity contribution < 1.29 is 14.3 Å². The molecule has 5 nitrogen and oxygen atoms in total. The van der Waals surface area contributed by atoms with Crippen molar-refractivity contribution in [2.75, 3.05) is 6.61 Å². The van der Waals surface area contributed by atoms with E-state index in [9.17, 15) is 9.59 Å². The molecule has 0 aromatic heterocycles. The predicted molar refractivity (Wildman–Crippen MR) is 117 cm³/mol. The van der Waals surface area contributed by atoms with E-state index in [4.69, 9.17) is 4.74 Å². The van der Waals surface area contributed by atoms with Crippen molar-refractivity contribution in [3.8, 4) is 5.75 Å². The molecule has 3 aromatic rings. The molecule has 0 heterocycles. The number of amides is 2. The molecular formula is C25H26N2O3. The third kappa shape index (κ3) is 5.95. The van der Waals surface area contributed by atoms with Gasteiger partial charge in [0, 0.05) is 11.1 Å². The van der Waals surface area contributed by atoms with Crippen LogP contribution in [0, 0.1) is 0 Å². The first-order valence-electron chi connectivity index (χ1n) is 10.1. The maximum absolute atomic E-state index is 12.7. The Balaban J connectivity index is 1.78. The minimum atomic E-state index is -0.685. The van der Waals surface area contributed by atoms with Gasteiger partial charge in [0.25, 0.3) is 11.8 Å². The van der Waals surface area contributed by atoms with Gasteiger partial charge in [0.1, 0.15) is 11.9 Å². The summed E-state index contributed by atoms with van der Waals surface area (Å²) in [6.45, 7) is 2.77. The molecule has 30 heavy (non-hydrogen) atoms. The third-order valence-electron chi connectivity index (χ3n) is 4.60. The summed E-state index contributed by atoms with van der Waals surface area (Å²) in [5.41, 5.74) is 1.80. The number of unbranched alkanes of at least 4 members (excludes halogenated alkanes) is 1. The molecule has 0 fully saturated rings. The van der Waals surface area contributed by atoms with Gasteiger partial charge < -0.3 is 15.4 Å². The molecule has 0 aliphatic carbocycles. The smallest absolute Gasteiger partial charge is 0.253 e. The molecule has 0 bridgehead atoms. The highest BCUT2D eigenvalue weighted by Gasteiger charge is 2.19. The second-order valence-corrected chi connectivity index (χ2v) is 6.88. The number of ether oxygens (including phenoxy) is 1. The Hall–Kier alpha value is -3.60. The monoisotopic (exact) mass is 402 g/mol. The van der Waals surface area contributed by atoms with E-state index in [2.05, 4.69) is 17.6 Å². The van der Waals surface area contributed by atoms with Crippen molar-refractivity contribution >= 4 is 11.8 Å². The Labute approximate surface area is 177 Å². The second kappa shape index (κ2) is 10.8. The van der Waals surface area contributed by atoms with Gasteiger partial charge in [0.05, 0.1) is 6.61 Å². The average Bonchev–Trinajstić information content (AvgIpc) is 2.80. The highest BCUT2D eigenvalue weighted by Crippen LogP contribution is 2.18. The SMILES string of the molecule is CCCCOc1ccc(C(NC(=O)c2ccccc2)NC(=O)c2ccccc2)cc1. The summed E-state index contributed by atoms with van der Waals surface area (Å²) in [7, 11) is 0. The van der Waals surface area contributed by atoms with Crippen LogP contribution < -0.4 is 15.4 Å². The lowest BCUT2D eigenvalue weighted by molar-refractivity contribution is 0.0883. The van der Waals surface area contributed by atoms with Gasteiger partial charge in [0.2, 0.25) is 0 Å². The van der Waals surface area contributed by atoms with Gasteiger partial charge in [-0.05, 0) is 48.4 Å².